The summed E-state index contributed by atoms with van der Waals surface area (Å²) in [6.45, 7) is 5.42. The Morgan fingerprint density at radius 2 is 1.80 bits per heavy atom. The molecule has 0 aliphatic heterocycles. The van der Waals surface area contributed by atoms with E-state index in [0.717, 1.165) is 25.1 Å². The van der Waals surface area contributed by atoms with E-state index in [-0.39, 0.29) is 5.91 Å². The summed E-state index contributed by atoms with van der Waals surface area (Å²) in [6.07, 6.45) is 4.18. The van der Waals surface area contributed by atoms with Crippen molar-refractivity contribution >= 4 is 5.91 Å². The van der Waals surface area contributed by atoms with Crippen LogP contribution in [0.2, 0.25) is 0 Å². The third-order valence-electron chi connectivity index (χ3n) is 3.43. The second-order valence-electron chi connectivity index (χ2n) is 4.67. The maximum absolute atomic E-state index is 12.5. The number of nitrogens with zero attached hydrogens (tertiary/aromatic N) is 2. The molecule has 1 amide bonds. The molecule has 0 unspecified atom stereocenters. The van der Waals surface area contributed by atoms with Gasteiger partial charge < -0.3 is 4.90 Å². The minimum absolute atomic E-state index is 0.0639. The number of aromatic nitrogens is 1. The van der Waals surface area contributed by atoms with Crippen LogP contribution in [0.1, 0.15) is 35.3 Å². The molecule has 0 atom stereocenters. The average Bonchev–Trinajstić information content (AvgIpc) is 2.50. The molecule has 1 heterocycles. The zero-order chi connectivity index (χ0) is 14.4. The van der Waals surface area contributed by atoms with Crippen LogP contribution in [0.25, 0.3) is 0 Å². The first kappa shape index (κ1) is 14.3. The molecule has 104 valence electrons. The highest BCUT2D eigenvalue weighted by atomic mass is 16.2. The van der Waals surface area contributed by atoms with Gasteiger partial charge in [0.15, 0.2) is 0 Å². The highest BCUT2D eigenvalue weighted by Crippen LogP contribution is 2.15. The fraction of sp³-hybridized carbons (Fsp3) is 0.294. The number of pyridine rings is 1. The van der Waals surface area contributed by atoms with Crippen molar-refractivity contribution < 1.29 is 4.79 Å². The molecule has 0 saturated carbocycles. The summed E-state index contributed by atoms with van der Waals surface area (Å²) in [5, 5.41) is 0. The average molecular weight is 268 g/mol. The molecule has 2 aromatic rings. The summed E-state index contributed by atoms with van der Waals surface area (Å²) in [5.41, 5.74) is 2.94. The van der Waals surface area contributed by atoms with E-state index >= 15 is 0 Å². The molecule has 1 aromatic heterocycles. The Bertz CT molecular complexity index is 562. The molecule has 20 heavy (non-hydrogen) atoms. The minimum Gasteiger partial charge on any atom is -0.339 e. The van der Waals surface area contributed by atoms with Crippen molar-refractivity contribution in [1.29, 1.82) is 0 Å². The second-order valence-corrected chi connectivity index (χ2v) is 4.67. The summed E-state index contributed by atoms with van der Waals surface area (Å²) in [7, 11) is 0. The van der Waals surface area contributed by atoms with E-state index in [4.69, 9.17) is 0 Å². The van der Waals surface area contributed by atoms with Crippen LogP contribution in [0.4, 0.5) is 0 Å². The number of hydrogen-bond acceptors (Lipinski definition) is 2. The van der Waals surface area contributed by atoms with E-state index in [1.807, 2.05) is 43.0 Å². The van der Waals surface area contributed by atoms with Crippen molar-refractivity contribution in [3.05, 3.63) is 65.5 Å². The highest BCUT2D eigenvalue weighted by Gasteiger charge is 2.16. The molecule has 0 fully saturated rings. The fourth-order valence-corrected chi connectivity index (χ4v) is 2.27. The lowest BCUT2D eigenvalue weighted by atomic mass is 10.0. The molecule has 0 radical (unpaired) electrons. The Morgan fingerprint density at radius 3 is 2.45 bits per heavy atom. The zero-order valence-electron chi connectivity index (χ0n) is 12.0. The number of carbonyl (C=O) groups excluding carboxylic acids is 1. The van der Waals surface area contributed by atoms with Crippen LogP contribution in [0.15, 0.2) is 48.8 Å². The first-order valence-electron chi connectivity index (χ1n) is 7.02. The molecule has 3 heteroatoms. The van der Waals surface area contributed by atoms with Gasteiger partial charge in [0.05, 0.1) is 5.56 Å². The maximum Gasteiger partial charge on any atom is 0.255 e. The SMILES string of the molecule is CCN(CC)C(=O)c1cnccc1Cc1ccccc1. The van der Waals surface area contributed by atoms with Crippen molar-refractivity contribution in [3.63, 3.8) is 0 Å². The summed E-state index contributed by atoms with van der Waals surface area (Å²) in [5.74, 6) is 0.0639. The molecular weight excluding hydrogens is 248 g/mol. The van der Waals surface area contributed by atoms with Crippen molar-refractivity contribution in [2.75, 3.05) is 13.1 Å². The molecule has 0 saturated heterocycles. The van der Waals surface area contributed by atoms with Crippen LogP contribution in [-0.4, -0.2) is 28.9 Å². The highest BCUT2D eigenvalue weighted by molar-refractivity contribution is 5.95. The normalized spacial score (nSPS) is 10.3. The predicted octanol–water partition coefficient (Wildman–Crippen LogP) is 3.15. The van der Waals surface area contributed by atoms with E-state index in [9.17, 15) is 4.79 Å². The molecule has 0 spiro atoms. The molecular formula is C17H20N2O. The molecule has 2 rings (SSSR count). The van der Waals surface area contributed by atoms with Gasteiger partial charge in [-0.3, -0.25) is 9.78 Å². The fourth-order valence-electron chi connectivity index (χ4n) is 2.27. The topological polar surface area (TPSA) is 33.2 Å². The molecule has 1 aromatic carbocycles. The lowest BCUT2D eigenvalue weighted by molar-refractivity contribution is 0.0771. The Kier molecular flexibility index (Phi) is 4.88. The van der Waals surface area contributed by atoms with E-state index in [1.165, 1.54) is 5.56 Å². The van der Waals surface area contributed by atoms with E-state index in [0.29, 0.717) is 5.56 Å². The molecule has 0 aliphatic carbocycles. The molecule has 3 nitrogen and oxygen atoms in total. The Labute approximate surface area is 120 Å². The van der Waals surface area contributed by atoms with Gasteiger partial charge in [0.25, 0.3) is 5.91 Å². The number of carbonyl (C=O) groups is 1. The van der Waals surface area contributed by atoms with Crippen molar-refractivity contribution in [2.24, 2.45) is 0 Å². The maximum atomic E-state index is 12.5. The van der Waals surface area contributed by atoms with E-state index < -0.39 is 0 Å². The van der Waals surface area contributed by atoms with Crippen LogP contribution in [0.5, 0.6) is 0 Å². The van der Waals surface area contributed by atoms with Gasteiger partial charge in [-0.25, -0.2) is 0 Å². The van der Waals surface area contributed by atoms with E-state index in [2.05, 4.69) is 17.1 Å². The summed E-state index contributed by atoms with van der Waals surface area (Å²) in [4.78, 5) is 18.4. The standard InChI is InChI=1S/C17H20N2O/c1-3-19(4-2)17(20)16-13-18-11-10-15(16)12-14-8-6-5-7-9-14/h5-11,13H,3-4,12H2,1-2H3. The zero-order valence-corrected chi connectivity index (χ0v) is 12.0. The van der Waals surface area contributed by atoms with Crippen molar-refractivity contribution in [1.82, 2.24) is 9.88 Å². The quantitative estimate of drug-likeness (QED) is 0.834. The minimum atomic E-state index is 0.0639. The van der Waals surface area contributed by atoms with Gasteiger partial charge in [-0.1, -0.05) is 30.3 Å². The number of amides is 1. The van der Waals surface area contributed by atoms with Crippen LogP contribution in [-0.2, 0) is 6.42 Å². The monoisotopic (exact) mass is 268 g/mol. The van der Waals surface area contributed by atoms with Crippen LogP contribution >= 0.6 is 0 Å². The van der Waals surface area contributed by atoms with Gasteiger partial charge in [-0.15, -0.1) is 0 Å². The smallest absolute Gasteiger partial charge is 0.255 e. The number of hydrogen-bond donors (Lipinski definition) is 0. The lowest BCUT2D eigenvalue weighted by Crippen LogP contribution is -2.31. The van der Waals surface area contributed by atoms with Crippen LogP contribution in [0, 0.1) is 0 Å². The first-order chi connectivity index (χ1) is 9.76. The van der Waals surface area contributed by atoms with Gasteiger partial charge >= 0.3 is 0 Å². The van der Waals surface area contributed by atoms with Crippen molar-refractivity contribution in [3.8, 4) is 0 Å². The Hall–Kier alpha value is -2.16. The Balaban J connectivity index is 2.29. The van der Waals surface area contributed by atoms with Gasteiger partial charge in [0, 0.05) is 25.5 Å². The third kappa shape index (κ3) is 3.23. The first-order valence-corrected chi connectivity index (χ1v) is 7.02. The summed E-state index contributed by atoms with van der Waals surface area (Å²) in [6, 6.07) is 12.1. The summed E-state index contributed by atoms with van der Waals surface area (Å²) < 4.78 is 0. The molecule has 0 bridgehead atoms. The predicted molar refractivity (Wildman–Crippen MR) is 80.7 cm³/mol. The van der Waals surface area contributed by atoms with Crippen LogP contribution in [0.3, 0.4) is 0 Å². The Morgan fingerprint density at radius 1 is 1.10 bits per heavy atom. The summed E-state index contributed by atoms with van der Waals surface area (Å²) >= 11 is 0. The third-order valence-corrected chi connectivity index (χ3v) is 3.43. The van der Waals surface area contributed by atoms with E-state index in [1.54, 1.807) is 12.4 Å². The van der Waals surface area contributed by atoms with Gasteiger partial charge in [0.2, 0.25) is 0 Å². The number of rotatable bonds is 5. The lowest BCUT2D eigenvalue weighted by Gasteiger charge is -2.20. The second kappa shape index (κ2) is 6.85. The number of benzene rings is 1. The van der Waals surface area contributed by atoms with Crippen molar-refractivity contribution in [2.45, 2.75) is 20.3 Å². The molecule has 0 aliphatic rings. The van der Waals surface area contributed by atoms with Crippen LogP contribution < -0.4 is 0 Å². The van der Waals surface area contributed by atoms with Gasteiger partial charge in [-0.2, -0.15) is 0 Å². The largest absolute Gasteiger partial charge is 0.339 e. The molecule has 0 N–H and O–H groups in total. The van der Waals surface area contributed by atoms with Gasteiger partial charge in [0.1, 0.15) is 0 Å². The van der Waals surface area contributed by atoms with Gasteiger partial charge in [-0.05, 0) is 37.5 Å².